The standard InChI is InChI=1S/C13H9ClO.C4H6O/c14-12-7-5-10(6-8-12)13-4-2-1-3-11(13)9-15;5-3-4-1-2-4/h1-9H;3-4H,1-2H2. The quantitative estimate of drug-likeness (QED) is 0.783. The Labute approximate surface area is 123 Å². The fraction of sp³-hybridized carbons (Fsp3) is 0.176. The molecule has 0 unspecified atom stereocenters. The molecule has 2 aromatic rings. The first kappa shape index (κ1) is 14.5. The lowest BCUT2D eigenvalue weighted by atomic mass is 10.0. The van der Waals surface area contributed by atoms with Gasteiger partial charge in [-0.2, -0.15) is 0 Å². The molecule has 20 heavy (non-hydrogen) atoms. The Morgan fingerprint density at radius 1 is 0.950 bits per heavy atom. The first-order valence-electron chi connectivity index (χ1n) is 6.50. The van der Waals surface area contributed by atoms with Crippen molar-refractivity contribution < 1.29 is 9.59 Å². The van der Waals surface area contributed by atoms with E-state index in [9.17, 15) is 9.59 Å². The summed E-state index contributed by atoms with van der Waals surface area (Å²) >= 11 is 5.80. The smallest absolute Gasteiger partial charge is 0.150 e. The summed E-state index contributed by atoms with van der Waals surface area (Å²) in [6, 6.07) is 14.9. The molecule has 0 radical (unpaired) electrons. The Hall–Kier alpha value is -1.93. The lowest BCUT2D eigenvalue weighted by Gasteiger charge is -2.04. The predicted octanol–water partition coefficient (Wildman–Crippen LogP) is 4.41. The molecule has 0 aromatic heterocycles. The maximum atomic E-state index is 10.8. The van der Waals surface area contributed by atoms with E-state index < -0.39 is 0 Å². The predicted molar refractivity (Wildman–Crippen MR) is 81.1 cm³/mol. The van der Waals surface area contributed by atoms with Gasteiger partial charge in [0.2, 0.25) is 0 Å². The minimum absolute atomic E-state index is 0.454. The molecule has 0 amide bonds. The third-order valence-corrected chi connectivity index (χ3v) is 3.31. The minimum atomic E-state index is 0.454. The molecule has 0 spiro atoms. The van der Waals surface area contributed by atoms with Crippen molar-refractivity contribution in [1.29, 1.82) is 0 Å². The molecule has 0 atom stereocenters. The molecular weight excluding hydrogens is 272 g/mol. The monoisotopic (exact) mass is 286 g/mol. The number of carbonyl (C=O) groups excluding carboxylic acids is 2. The molecule has 2 nitrogen and oxygen atoms in total. The fourth-order valence-corrected chi connectivity index (χ4v) is 1.85. The normalized spacial score (nSPS) is 13.1. The van der Waals surface area contributed by atoms with Gasteiger partial charge in [0, 0.05) is 16.5 Å². The summed E-state index contributed by atoms with van der Waals surface area (Å²) in [5, 5.41) is 0.697. The van der Waals surface area contributed by atoms with Crippen LogP contribution in [0.25, 0.3) is 11.1 Å². The highest BCUT2D eigenvalue weighted by molar-refractivity contribution is 6.30. The van der Waals surface area contributed by atoms with E-state index in [1.807, 2.05) is 42.5 Å². The van der Waals surface area contributed by atoms with Crippen molar-refractivity contribution in [3.63, 3.8) is 0 Å². The van der Waals surface area contributed by atoms with Gasteiger partial charge in [-0.15, -0.1) is 0 Å². The molecule has 0 heterocycles. The number of carbonyl (C=O) groups is 2. The number of aldehydes is 2. The van der Waals surface area contributed by atoms with E-state index in [4.69, 9.17) is 11.6 Å². The van der Waals surface area contributed by atoms with Crippen LogP contribution in [0, 0.1) is 5.92 Å². The summed E-state index contributed by atoms with van der Waals surface area (Å²) in [4.78, 5) is 20.4. The van der Waals surface area contributed by atoms with E-state index in [0.29, 0.717) is 16.5 Å². The molecule has 0 aliphatic heterocycles. The minimum Gasteiger partial charge on any atom is -0.303 e. The first-order valence-corrected chi connectivity index (χ1v) is 6.88. The second-order valence-electron chi connectivity index (χ2n) is 4.69. The van der Waals surface area contributed by atoms with Crippen LogP contribution in [0.3, 0.4) is 0 Å². The highest BCUT2D eigenvalue weighted by Gasteiger charge is 2.18. The van der Waals surface area contributed by atoms with Gasteiger partial charge >= 0.3 is 0 Å². The lowest BCUT2D eigenvalue weighted by molar-refractivity contribution is -0.108. The summed E-state index contributed by atoms with van der Waals surface area (Å²) in [6.45, 7) is 0. The van der Waals surface area contributed by atoms with Gasteiger partial charge in [-0.05, 0) is 36.1 Å². The van der Waals surface area contributed by atoms with E-state index in [-0.39, 0.29) is 0 Å². The van der Waals surface area contributed by atoms with Crippen LogP contribution >= 0.6 is 11.6 Å². The van der Waals surface area contributed by atoms with E-state index in [2.05, 4.69) is 0 Å². The zero-order chi connectivity index (χ0) is 14.4. The Bertz CT molecular complexity index is 586. The highest BCUT2D eigenvalue weighted by atomic mass is 35.5. The number of halogens is 1. The van der Waals surface area contributed by atoms with Crippen LogP contribution in [-0.4, -0.2) is 12.6 Å². The summed E-state index contributed by atoms with van der Waals surface area (Å²) in [5.41, 5.74) is 2.63. The molecule has 1 saturated carbocycles. The van der Waals surface area contributed by atoms with Crippen LogP contribution < -0.4 is 0 Å². The molecule has 0 bridgehead atoms. The number of benzene rings is 2. The van der Waals surface area contributed by atoms with E-state index in [1.54, 1.807) is 6.07 Å². The van der Waals surface area contributed by atoms with Crippen molar-refractivity contribution in [3.8, 4) is 11.1 Å². The van der Waals surface area contributed by atoms with Crippen LogP contribution in [0.2, 0.25) is 5.02 Å². The average molecular weight is 287 g/mol. The maximum absolute atomic E-state index is 10.8. The van der Waals surface area contributed by atoms with Crippen molar-refractivity contribution in [1.82, 2.24) is 0 Å². The van der Waals surface area contributed by atoms with Crippen LogP contribution in [0.15, 0.2) is 48.5 Å². The number of rotatable bonds is 3. The number of hydrogen-bond donors (Lipinski definition) is 0. The summed E-state index contributed by atoms with van der Waals surface area (Å²) in [6.07, 6.45) is 4.18. The summed E-state index contributed by atoms with van der Waals surface area (Å²) in [7, 11) is 0. The van der Waals surface area contributed by atoms with Crippen LogP contribution in [0.4, 0.5) is 0 Å². The Kier molecular flexibility index (Phi) is 5.08. The van der Waals surface area contributed by atoms with Gasteiger partial charge in [0.25, 0.3) is 0 Å². The van der Waals surface area contributed by atoms with Gasteiger partial charge < -0.3 is 4.79 Å². The van der Waals surface area contributed by atoms with Gasteiger partial charge in [-0.1, -0.05) is 48.0 Å². The highest BCUT2D eigenvalue weighted by Crippen LogP contribution is 2.25. The van der Waals surface area contributed by atoms with Crippen molar-refractivity contribution in [2.45, 2.75) is 12.8 Å². The van der Waals surface area contributed by atoms with Gasteiger partial charge in [0.15, 0.2) is 6.29 Å². The maximum Gasteiger partial charge on any atom is 0.150 e. The first-order chi connectivity index (χ1) is 9.74. The summed E-state index contributed by atoms with van der Waals surface area (Å²) < 4.78 is 0. The van der Waals surface area contributed by atoms with Crippen molar-refractivity contribution in [2.75, 3.05) is 0 Å². The topological polar surface area (TPSA) is 34.1 Å². The van der Waals surface area contributed by atoms with Crippen molar-refractivity contribution in [3.05, 3.63) is 59.1 Å². The molecule has 1 aliphatic carbocycles. The largest absolute Gasteiger partial charge is 0.303 e. The van der Waals surface area contributed by atoms with Crippen LogP contribution in [0.5, 0.6) is 0 Å². The van der Waals surface area contributed by atoms with Crippen LogP contribution in [-0.2, 0) is 4.79 Å². The molecule has 102 valence electrons. The van der Waals surface area contributed by atoms with E-state index >= 15 is 0 Å². The molecule has 2 aromatic carbocycles. The number of hydrogen-bond acceptors (Lipinski definition) is 2. The Morgan fingerprint density at radius 2 is 1.60 bits per heavy atom. The SMILES string of the molecule is O=CC1CC1.O=Cc1ccccc1-c1ccc(Cl)cc1. The van der Waals surface area contributed by atoms with Crippen LogP contribution in [0.1, 0.15) is 23.2 Å². The second-order valence-corrected chi connectivity index (χ2v) is 5.12. The third-order valence-electron chi connectivity index (χ3n) is 3.06. The van der Waals surface area contributed by atoms with Gasteiger partial charge in [-0.3, -0.25) is 4.79 Å². The van der Waals surface area contributed by atoms with Crippen molar-refractivity contribution in [2.24, 2.45) is 5.92 Å². The molecule has 3 rings (SSSR count). The zero-order valence-corrected chi connectivity index (χ0v) is 11.7. The Morgan fingerprint density at radius 3 is 2.10 bits per heavy atom. The van der Waals surface area contributed by atoms with Gasteiger partial charge in [-0.25, -0.2) is 0 Å². The van der Waals surface area contributed by atoms with E-state index in [0.717, 1.165) is 36.5 Å². The Balaban J connectivity index is 0.000000247. The molecule has 1 aliphatic rings. The van der Waals surface area contributed by atoms with E-state index in [1.165, 1.54) is 0 Å². The molecule has 0 N–H and O–H groups in total. The fourth-order valence-electron chi connectivity index (χ4n) is 1.72. The van der Waals surface area contributed by atoms with Gasteiger partial charge in [0.1, 0.15) is 6.29 Å². The van der Waals surface area contributed by atoms with Crippen molar-refractivity contribution >= 4 is 24.2 Å². The molecule has 3 heteroatoms. The summed E-state index contributed by atoms with van der Waals surface area (Å²) in [5.74, 6) is 0.454. The molecule has 1 fully saturated rings. The third kappa shape index (κ3) is 4.04. The lowest BCUT2D eigenvalue weighted by Crippen LogP contribution is -1.86. The van der Waals surface area contributed by atoms with Gasteiger partial charge in [0.05, 0.1) is 0 Å². The zero-order valence-electron chi connectivity index (χ0n) is 11.0. The molecular formula is C17H15ClO2. The second kappa shape index (κ2) is 7.01. The average Bonchev–Trinajstić information content (AvgIpc) is 3.33. The molecule has 0 saturated heterocycles.